The molecule has 1 fully saturated rings. The topological polar surface area (TPSA) is 95.5 Å². The maximum atomic E-state index is 10.1. The Morgan fingerprint density at radius 2 is 1.58 bits per heavy atom. The molecule has 12 heavy (non-hydrogen) atoms. The Hall–Kier alpha value is -1.24. The summed E-state index contributed by atoms with van der Waals surface area (Å²) in [6.45, 7) is -0.522. The molecule has 0 bridgehead atoms. The van der Waals surface area contributed by atoms with Crippen molar-refractivity contribution in [2.75, 3.05) is 26.3 Å². The summed E-state index contributed by atoms with van der Waals surface area (Å²) in [5, 5.41) is 20.2. The van der Waals surface area contributed by atoms with Gasteiger partial charge in [-0.05, 0) is 0 Å². The minimum Gasteiger partial charge on any atom is -0.379 e. The zero-order valence-corrected chi connectivity index (χ0v) is 6.26. The first-order valence-corrected chi connectivity index (χ1v) is 3.35. The van der Waals surface area contributed by atoms with E-state index in [1.165, 1.54) is 0 Å². The highest BCUT2D eigenvalue weighted by Crippen LogP contribution is 2.27. The van der Waals surface area contributed by atoms with E-state index in [1.54, 1.807) is 0 Å². The molecule has 0 aliphatic carbocycles. The van der Waals surface area contributed by atoms with Crippen LogP contribution in [0.4, 0.5) is 0 Å². The second kappa shape index (κ2) is 3.02. The number of ether oxygens (including phenoxy) is 1. The van der Waals surface area contributed by atoms with Gasteiger partial charge >= 0.3 is 0 Å². The van der Waals surface area contributed by atoms with Gasteiger partial charge < -0.3 is 4.74 Å². The van der Waals surface area contributed by atoms with Crippen molar-refractivity contribution >= 4 is 0 Å². The molecule has 0 atom stereocenters. The van der Waals surface area contributed by atoms with Crippen LogP contribution in [0.2, 0.25) is 0 Å². The van der Waals surface area contributed by atoms with E-state index in [9.17, 15) is 20.2 Å². The van der Waals surface area contributed by atoms with Gasteiger partial charge in [0.2, 0.25) is 13.1 Å². The van der Waals surface area contributed by atoms with Gasteiger partial charge in [0.25, 0.3) is 0 Å². The number of nitrogens with zero attached hydrogens (tertiary/aromatic N) is 2. The predicted molar refractivity (Wildman–Crippen MR) is 37.0 cm³/mol. The van der Waals surface area contributed by atoms with Crippen molar-refractivity contribution in [2.45, 2.75) is 0 Å². The number of nitro groups is 2. The highest BCUT2D eigenvalue weighted by Gasteiger charge is 2.48. The second-order valence-electron chi connectivity index (χ2n) is 2.97. The van der Waals surface area contributed by atoms with E-state index in [4.69, 9.17) is 4.74 Å². The van der Waals surface area contributed by atoms with Gasteiger partial charge in [-0.15, -0.1) is 0 Å². The van der Waals surface area contributed by atoms with Gasteiger partial charge in [0, 0.05) is 9.85 Å². The molecule has 1 rings (SSSR count). The van der Waals surface area contributed by atoms with Crippen molar-refractivity contribution in [3.05, 3.63) is 20.2 Å². The largest absolute Gasteiger partial charge is 0.379 e. The molecule has 0 aromatic carbocycles. The Morgan fingerprint density at radius 3 is 1.75 bits per heavy atom. The van der Waals surface area contributed by atoms with Crippen molar-refractivity contribution in [1.82, 2.24) is 0 Å². The van der Waals surface area contributed by atoms with Crippen LogP contribution in [0.15, 0.2) is 0 Å². The van der Waals surface area contributed by atoms with E-state index < -0.39 is 15.3 Å². The highest BCUT2D eigenvalue weighted by molar-refractivity contribution is 4.84. The molecule has 1 aliphatic rings. The van der Waals surface area contributed by atoms with Gasteiger partial charge in [-0.1, -0.05) is 0 Å². The Bertz CT molecular complexity index is 194. The fourth-order valence-electron chi connectivity index (χ4n) is 1.17. The van der Waals surface area contributed by atoms with E-state index in [2.05, 4.69) is 0 Å². The molecular formula is C5H8N2O5. The van der Waals surface area contributed by atoms with Crippen LogP contribution in [0.5, 0.6) is 0 Å². The fraction of sp³-hybridized carbons (Fsp3) is 1.00. The molecule has 0 aromatic rings. The molecule has 1 heterocycles. The van der Waals surface area contributed by atoms with E-state index >= 15 is 0 Å². The normalized spacial score (nSPS) is 19.7. The molecule has 0 radical (unpaired) electrons. The molecular weight excluding hydrogens is 168 g/mol. The van der Waals surface area contributed by atoms with Crippen molar-refractivity contribution in [1.29, 1.82) is 0 Å². The third-order valence-electron chi connectivity index (χ3n) is 1.75. The third-order valence-corrected chi connectivity index (χ3v) is 1.75. The Balaban J connectivity index is 2.50. The summed E-state index contributed by atoms with van der Waals surface area (Å²) < 4.78 is 4.73. The van der Waals surface area contributed by atoms with Gasteiger partial charge in [-0.3, -0.25) is 20.2 Å². The smallest absolute Gasteiger partial charge is 0.220 e. The summed E-state index contributed by atoms with van der Waals surface area (Å²) in [6, 6.07) is 0. The van der Waals surface area contributed by atoms with Gasteiger partial charge in [0.05, 0.1) is 13.2 Å². The monoisotopic (exact) mass is 176 g/mol. The summed E-state index contributed by atoms with van der Waals surface area (Å²) in [6.07, 6.45) is 0. The van der Waals surface area contributed by atoms with Crippen LogP contribution < -0.4 is 0 Å². The summed E-state index contributed by atoms with van der Waals surface area (Å²) in [5.74, 6) is 0. The van der Waals surface area contributed by atoms with Crippen molar-refractivity contribution in [3.8, 4) is 0 Å². The Kier molecular flexibility index (Phi) is 2.22. The molecule has 0 unspecified atom stereocenters. The summed E-state index contributed by atoms with van der Waals surface area (Å²) in [7, 11) is 0. The lowest BCUT2D eigenvalue weighted by Crippen LogP contribution is -2.52. The minimum absolute atomic E-state index is 0.120. The van der Waals surface area contributed by atoms with Gasteiger partial charge in [0.1, 0.15) is 5.41 Å². The summed E-state index contributed by atoms with van der Waals surface area (Å²) in [4.78, 5) is 19.2. The lowest BCUT2D eigenvalue weighted by atomic mass is 9.86. The minimum atomic E-state index is -0.854. The maximum Gasteiger partial charge on any atom is 0.220 e. The molecule has 0 amide bonds. The van der Waals surface area contributed by atoms with Crippen LogP contribution in [-0.2, 0) is 4.74 Å². The lowest BCUT2D eigenvalue weighted by molar-refractivity contribution is -0.553. The Labute approximate surface area is 67.6 Å². The first kappa shape index (κ1) is 8.85. The number of hydrogen-bond donors (Lipinski definition) is 0. The van der Waals surface area contributed by atoms with Gasteiger partial charge in [-0.2, -0.15) is 0 Å². The average molecular weight is 176 g/mol. The van der Waals surface area contributed by atoms with Crippen LogP contribution in [0.1, 0.15) is 0 Å². The standard InChI is InChI=1S/C5H8N2O5/c8-6(9)1-5(2-7(10)11)3-12-4-5/h1-4H2. The van der Waals surface area contributed by atoms with Crippen molar-refractivity contribution < 1.29 is 14.6 Å². The van der Waals surface area contributed by atoms with Crippen LogP contribution in [0, 0.1) is 25.6 Å². The van der Waals surface area contributed by atoms with E-state index in [-0.39, 0.29) is 26.3 Å². The quantitative estimate of drug-likeness (QED) is 0.427. The van der Waals surface area contributed by atoms with E-state index in [0.717, 1.165) is 0 Å². The van der Waals surface area contributed by atoms with Gasteiger partial charge in [-0.25, -0.2) is 0 Å². The second-order valence-corrected chi connectivity index (χ2v) is 2.97. The van der Waals surface area contributed by atoms with Crippen LogP contribution >= 0.6 is 0 Å². The first-order chi connectivity index (χ1) is 5.54. The predicted octanol–water partition coefficient (Wildman–Crippen LogP) is -0.444. The molecule has 0 spiro atoms. The SMILES string of the molecule is O=[N+]([O-])CC1(C[N+](=O)[O-])COC1. The fourth-order valence-corrected chi connectivity index (χ4v) is 1.17. The lowest BCUT2D eigenvalue weighted by Gasteiger charge is -2.33. The van der Waals surface area contributed by atoms with Gasteiger partial charge in [0.15, 0.2) is 0 Å². The first-order valence-electron chi connectivity index (χ1n) is 3.35. The number of hydrogen-bond acceptors (Lipinski definition) is 5. The van der Waals surface area contributed by atoms with Crippen LogP contribution in [0.3, 0.4) is 0 Å². The molecule has 0 aromatic heterocycles. The molecule has 7 nitrogen and oxygen atoms in total. The van der Waals surface area contributed by atoms with Crippen LogP contribution in [0.25, 0.3) is 0 Å². The van der Waals surface area contributed by atoms with Crippen molar-refractivity contribution in [2.24, 2.45) is 5.41 Å². The molecule has 68 valence electrons. The van der Waals surface area contributed by atoms with Crippen molar-refractivity contribution in [3.63, 3.8) is 0 Å². The Morgan fingerprint density at radius 1 is 1.17 bits per heavy atom. The molecule has 0 saturated carbocycles. The molecule has 0 N–H and O–H groups in total. The third kappa shape index (κ3) is 1.88. The maximum absolute atomic E-state index is 10.1. The van der Waals surface area contributed by atoms with E-state index in [0.29, 0.717) is 0 Å². The summed E-state index contributed by atoms with van der Waals surface area (Å²) in [5.41, 5.74) is -0.854. The number of rotatable bonds is 4. The van der Waals surface area contributed by atoms with E-state index in [1.807, 2.05) is 0 Å². The highest BCUT2D eigenvalue weighted by atomic mass is 16.6. The van der Waals surface area contributed by atoms with Crippen LogP contribution in [-0.4, -0.2) is 36.1 Å². The molecule has 1 aliphatic heterocycles. The average Bonchev–Trinajstić information content (AvgIpc) is 1.80. The zero-order chi connectivity index (χ0) is 9.19. The zero-order valence-electron chi connectivity index (χ0n) is 6.26. The molecule has 1 saturated heterocycles. The summed E-state index contributed by atoms with van der Waals surface area (Å²) >= 11 is 0. The molecule has 7 heteroatoms.